The van der Waals surface area contributed by atoms with Crippen LogP contribution in [0, 0.1) is 0 Å². The van der Waals surface area contributed by atoms with Gasteiger partial charge in [-0.3, -0.25) is 10.1 Å². The van der Waals surface area contributed by atoms with Crippen molar-refractivity contribution in [1.29, 1.82) is 0 Å². The molecule has 0 spiro atoms. The Bertz CT molecular complexity index is 554. The maximum Gasteiger partial charge on any atom is 0.425 e. The predicted molar refractivity (Wildman–Crippen MR) is 65.2 cm³/mol. The number of hydrogen-bond donors (Lipinski definition) is 2. The maximum absolute atomic E-state index is 13.3. The van der Waals surface area contributed by atoms with Crippen LogP contribution in [0.3, 0.4) is 0 Å². The zero-order valence-corrected chi connectivity index (χ0v) is 10.7. The molecule has 0 aliphatic carbocycles. The van der Waals surface area contributed by atoms with Gasteiger partial charge in [0, 0.05) is 19.8 Å². The average Bonchev–Trinajstić information content (AvgIpc) is 2.65. The summed E-state index contributed by atoms with van der Waals surface area (Å²) in [7, 11) is 3.47. The molecular formula is C12H12F3N3O2. The van der Waals surface area contributed by atoms with Gasteiger partial charge in [-0.15, -0.1) is 0 Å². The quantitative estimate of drug-likeness (QED) is 0.807. The van der Waals surface area contributed by atoms with Gasteiger partial charge in [-0.2, -0.15) is 13.2 Å². The Kier molecular flexibility index (Phi) is 3.11. The van der Waals surface area contributed by atoms with Crippen molar-refractivity contribution in [2.45, 2.75) is 11.7 Å². The van der Waals surface area contributed by atoms with Crippen molar-refractivity contribution in [1.82, 2.24) is 10.6 Å². The van der Waals surface area contributed by atoms with Crippen molar-refractivity contribution < 1.29 is 22.8 Å². The fourth-order valence-electron chi connectivity index (χ4n) is 2.03. The zero-order chi connectivity index (χ0) is 15.1. The minimum absolute atomic E-state index is 0.334. The van der Waals surface area contributed by atoms with E-state index in [-0.39, 0.29) is 5.56 Å². The van der Waals surface area contributed by atoms with Crippen molar-refractivity contribution in [3.05, 3.63) is 29.8 Å². The molecule has 1 heterocycles. The van der Waals surface area contributed by atoms with Crippen molar-refractivity contribution in [3.63, 3.8) is 0 Å². The van der Waals surface area contributed by atoms with E-state index in [9.17, 15) is 22.8 Å². The van der Waals surface area contributed by atoms with E-state index in [2.05, 4.69) is 0 Å². The first-order chi connectivity index (χ1) is 9.18. The van der Waals surface area contributed by atoms with Crippen molar-refractivity contribution in [2.24, 2.45) is 0 Å². The molecule has 2 N–H and O–H groups in total. The molecule has 1 aliphatic heterocycles. The molecule has 2 rings (SSSR count). The molecule has 8 heteroatoms. The zero-order valence-electron chi connectivity index (χ0n) is 10.7. The summed E-state index contributed by atoms with van der Waals surface area (Å²) >= 11 is 0. The van der Waals surface area contributed by atoms with Gasteiger partial charge in [-0.1, -0.05) is 12.1 Å². The number of carbonyl (C=O) groups is 2. The van der Waals surface area contributed by atoms with Crippen LogP contribution in [-0.4, -0.2) is 32.2 Å². The summed E-state index contributed by atoms with van der Waals surface area (Å²) < 4.78 is 39.9. The van der Waals surface area contributed by atoms with Crippen molar-refractivity contribution in [2.75, 3.05) is 19.0 Å². The molecule has 1 fully saturated rings. The van der Waals surface area contributed by atoms with Crippen molar-refractivity contribution >= 4 is 17.6 Å². The maximum atomic E-state index is 13.3. The average molecular weight is 287 g/mol. The highest BCUT2D eigenvalue weighted by atomic mass is 19.4. The number of nitrogens with one attached hydrogen (secondary N) is 2. The first kappa shape index (κ1) is 14.2. The van der Waals surface area contributed by atoms with Gasteiger partial charge >= 0.3 is 12.2 Å². The van der Waals surface area contributed by atoms with Gasteiger partial charge in [-0.25, -0.2) is 4.79 Å². The minimum Gasteiger partial charge on any atom is -0.378 e. The molecule has 3 amide bonds. The van der Waals surface area contributed by atoms with Crippen LogP contribution >= 0.6 is 0 Å². The molecule has 1 atom stereocenters. The van der Waals surface area contributed by atoms with E-state index in [0.29, 0.717) is 5.69 Å². The molecule has 1 unspecified atom stereocenters. The van der Waals surface area contributed by atoms with E-state index < -0.39 is 23.7 Å². The first-order valence-corrected chi connectivity index (χ1v) is 5.66. The summed E-state index contributed by atoms with van der Waals surface area (Å²) in [5.74, 6) is -1.42. The Morgan fingerprint density at radius 1 is 1.10 bits per heavy atom. The van der Waals surface area contributed by atoms with Crippen LogP contribution in [0.4, 0.5) is 23.7 Å². The number of benzene rings is 1. The van der Waals surface area contributed by atoms with Gasteiger partial charge < -0.3 is 10.2 Å². The molecule has 1 aliphatic rings. The SMILES string of the molecule is CN(C)c1ccc(C2(C(F)(F)F)NC(=O)NC2=O)cc1. The lowest BCUT2D eigenvalue weighted by Crippen LogP contribution is -2.55. The number of halogens is 3. The summed E-state index contributed by atoms with van der Waals surface area (Å²) in [6.45, 7) is 0. The van der Waals surface area contributed by atoms with Gasteiger partial charge in [0.05, 0.1) is 0 Å². The van der Waals surface area contributed by atoms with Crippen LogP contribution in [0.5, 0.6) is 0 Å². The van der Waals surface area contributed by atoms with Crippen LogP contribution in [0.15, 0.2) is 24.3 Å². The van der Waals surface area contributed by atoms with E-state index >= 15 is 0 Å². The highest BCUT2D eigenvalue weighted by molar-refractivity contribution is 6.08. The van der Waals surface area contributed by atoms with E-state index in [1.54, 1.807) is 29.6 Å². The first-order valence-electron chi connectivity index (χ1n) is 5.66. The van der Waals surface area contributed by atoms with Gasteiger partial charge in [0.1, 0.15) is 0 Å². The molecule has 5 nitrogen and oxygen atoms in total. The predicted octanol–water partition coefficient (Wildman–Crippen LogP) is 1.35. The number of hydrogen-bond acceptors (Lipinski definition) is 3. The molecule has 1 aromatic rings. The van der Waals surface area contributed by atoms with E-state index in [1.807, 2.05) is 0 Å². The van der Waals surface area contributed by atoms with Gasteiger partial charge in [0.25, 0.3) is 5.91 Å². The highest BCUT2D eigenvalue weighted by Gasteiger charge is 2.66. The molecule has 20 heavy (non-hydrogen) atoms. The number of urea groups is 1. The molecule has 1 saturated heterocycles. The number of rotatable bonds is 2. The largest absolute Gasteiger partial charge is 0.425 e. The summed E-state index contributed by atoms with van der Waals surface area (Å²) in [6.07, 6.45) is -4.94. The van der Waals surface area contributed by atoms with Gasteiger partial charge in [0.15, 0.2) is 0 Å². The monoisotopic (exact) mass is 287 g/mol. The van der Waals surface area contributed by atoms with Crippen molar-refractivity contribution in [3.8, 4) is 0 Å². The lowest BCUT2D eigenvalue weighted by Gasteiger charge is -2.29. The third-order valence-electron chi connectivity index (χ3n) is 3.11. The lowest BCUT2D eigenvalue weighted by atomic mass is 9.89. The molecule has 108 valence electrons. The number of imide groups is 1. The Balaban J connectivity index is 2.54. The Morgan fingerprint density at radius 3 is 2.00 bits per heavy atom. The fraction of sp³-hybridized carbons (Fsp3) is 0.333. The lowest BCUT2D eigenvalue weighted by molar-refractivity contribution is -0.195. The van der Waals surface area contributed by atoms with Gasteiger partial charge in [0.2, 0.25) is 5.54 Å². The summed E-state index contributed by atoms with van der Waals surface area (Å²) in [6, 6.07) is 4.08. The number of nitrogens with zero attached hydrogens (tertiary/aromatic N) is 1. The molecular weight excluding hydrogens is 275 g/mol. The van der Waals surface area contributed by atoms with Crippen LogP contribution in [0.25, 0.3) is 0 Å². The number of carbonyl (C=O) groups excluding carboxylic acids is 2. The van der Waals surface area contributed by atoms with E-state index in [1.165, 1.54) is 24.3 Å². The Hall–Kier alpha value is -2.25. The van der Waals surface area contributed by atoms with E-state index in [0.717, 1.165) is 0 Å². The van der Waals surface area contributed by atoms with E-state index in [4.69, 9.17) is 0 Å². The third-order valence-corrected chi connectivity index (χ3v) is 3.11. The fourth-order valence-corrected chi connectivity index (χ4v) is 2.03. The molecule has 0 radical (unpaired) electrons. The second kappa shape index (κ2) is 4.39. The standard InChI is InChI=1S/C12H12F3N3O2/c1-18(2)8-5-3-7(4-6-8)11(12(13,14)15)9(19)16-10(20)17-11/h3-6H,1-2H3,(H2,16,17,19,20). The summed E-state index contributed by atoms with van der Waals surface area (Å²) in [5.41, 5.74) is -2.69. The Morgan fingerprint density at radius 2 is 1.65 bits per heavy atom. The number of anilines is 1. The van der Waals surface area contributed by atoms with Crippen LogP contribution in [0.1, 0.15) is 5.56 Å². The second-order valence-corrected chi connectivity index (χ2v) is 4.60. The Labute approximate surface area is 112 Å². The topological polar surface area (TPSA) is 61.4 Å². The van der Waals surface area contributed by atoms with Gasteiger partial charge in [-0.05, 0) is 17.7 Å². The molecule has 0 bridgehead atoms. The summed E-state index contributed by atoms with van der Waals surface area (Å²) in [4.78, 5) is 24.5. The summed E-state index contributed by atoms with van der Waals surface area (Å²) in [5, 5.41) is 3.31. The number of alkyl halides is 3. The minimum atomic E-state index is -4.94. The molecule has 0 aromatic heterocycles. The molecule has 0 saturated carbocycles. The van der Waals surface area contributed by atoms with Crippen LogP contribution < -0.4 is 15.5 Å². The highest BCUT2D eigenvalue weighted by Crippen LogP contribution is 2.41. The smallest absolute Gasteiger partial charge is 0.378 e. The molecule has 1 aromatic carbocycles. The normalized spacial score (nSPS) is 22.4. The van der Waals surface area contributed by atoms with Crippen LogP contribution in [-0.2, 0) is 10.3 Å². The van der Waals surface area contributed by atoms with Crippen LogP contribution in [0.2, 0.25) is 0 Å². The second-order valence-electron chi connectivity index (χ2n) is 4.60. The third kappa shape index (κ3) is 1.97. The number of amides is 3.